The molecule has 4 atom stereocenters. The number of carbonyl (C=O) groups is 4. The maximum atomic E-state index is 13.9. The summed E-state index contributed by atoms with van der Waals surface area (Å²) in [7, 11) is 0. The largest absolute Gasteiger partial charge is 0.508 e. The van der Waals surface area contributed by atoms with Crippen molar-refractivity contribution < 1.29 is 24.3 Å². The molecule has 1 heterocycles. The van der Waals surface area contributed by atoms with Gasteiger partial charge in [-0.05, 0) is 67.7 Å². The van der Waals surface area contributed by atoms with Gasteiger partial charge in [-0.15, -0.1) is 0 Å². The third-order valence-corrected chi connectivity index (χ3v) is 8.48. The van der Waals surface area contributed by atoms with Crippen LogP contribution in [0.1, 0.15) is 36.8 Å². The van der Waals surface area contributed by atoms with E-state index in [9.17, 15) is 24.3 Å². The van der Waals surface area contributed by atoms with Crippen LogP contribution in [-0.2, 0) is 19.2 Å². The zero-order valence-corrected chi connectivity index (χ0v) is 21.4. The monoisotopic (exact) mass is 525 g/mol. The smallest absolute Gasteiger partial charge is 0.238 e. The molecule has 190 valence electrons. The molecule has 0 spiro atoms. The third kappa shape index (κ3) is 3.47. The van der Waals surface area contributed by atoms with Gasteiger partial charge in [0.05, 0.1) is 17.5 Å². The van der Waals surface area contributed by atoms with Crippen molar-refractivity contribution in [3.8, 4) is 5.75 Å². The first-order chi connectivity index (χ1) is 18.2. The molecule has 4 aliphatic rings. The highest BCUT2D eigenvalue weighted by Crippen LogP contribution is 2.56. The van der Waals surface area contributed by atoms with E-state index >= 15 is 0 Å². The number of anilines is 1. The van der Waals surface area contributed by atoms with Crippen LogP contribution >= 0.6 is 11.6 Å². The number of carbonyl (C=O) groups excluding carboxylic acids is 4. The topological polar surface area (TPSA) is 91.8 Å². The summed E-state index contributed by atoms with van der Waals surface area (Å²) in [5, 5.41) is 11.2. The Kier molecular flexibility index (Phi) is 5.61. The van der Waals surface area contributed by atoms with Crippen LogP contribution in [-0.4, -0.2) is 28.5 Å². The number of hydrogen-bond donors (Lipinski definition) is 1. The van der Waals surface area contributed by atoms with E-state index in [0.717, 1.165) is 11.1 Å². The van der Waals surface area contributed by atoms with Crippen LogP contribution in [0.3, 0.4) is 0 Å². The lowest BCUT2D eigenvalue weighted by Gasteiger charge is -2.42. The molecule has 0 radical (unpaired) electrons. The number of rotatable bonds is 3. The van der Waals surface area contributed by atoms with Crippen LogP contribution in [0.2, 0.25) is 5.02 Å². The van der Waals surface area contributed by atoms with Gasteiger partial charge in [0, 0.05) is 33.2 Å². The zero-order chi connectivity index (χ0) is 26.9. The molecule has 1 N–H and O–H groups in total. The van der Waals surface area contributed by atoms with E-state index in [2.05, 4.69) is 6.58 Å². The van der Waals surface area contributed by atoms with Gasteiger partial charge in [0.25, 0.3) is 0 Å². The minimum atomic E-state index is -0.743. The number of benzene rings is 2. The van der Waals surface area contributed by atoms with Gasteiger partial charge >= 0.3 is 0 Å². The first-order valence-electron chi connectivity index (χ1n) is 12.5. The molecule has 7 heteroatoms. The van der Waals surface area contributed by atoms with E-state index in [-0.39, 0.29) is 35.6 Å². The number of ketones is 2. The third-order valence-electron chi connectivity index (χ3n) is 8.25. The molecule has 6 nitrogen and oxygen atoms in total. The van der Waals surface area contributed by atoms with Crippen molar-refractivity contribution >= 4 is 46.7 Å². The number of halogens is 1. The Balaban J connectivity index is 1.49. The number of allylic oxidation sites excluding steroid dienone is 6. The second-order valence-electron chi connectivity index (χ2n) is 10.2. The SMILES string of the molecule is C=Cc1ccc(N2C(=O)C3CC=C4C(c5cc(Cl)ccc5O)C5=C(CC4C3C2=O)C(=O)C(C)=CC5=O)cc1. The van der Waals surface area contributed by atoms with E-state index in [1.807, 2.05) is 6.08 Å². The molecule has 4 unspecified atom stereocenters. The van der Waals surface area contributed by atoms with Gasteiger partial charge < -0.3 is 5.11 Å². The van der Waals surface area contributed by atoms with E-state index in [0.29, 0.717) is 39.4 Å². The molecule has 38 heavy (non-hydrogen) atoms. The first kappa shape index (κ1) is 24.3. The predicted octanol–water partition coefficient (Wildman–Crippen LogP) is 5.32. The van der Waals surface area contributed by atoms with Crippen molar-refractivity contribution in [1.82, 2.24) is 0 Å². The summed E-state index contributed by atoms with van der Waals surface area (Å²) in [5.41, 5.74) is 3.52. The summed E-state index contributed by atoms with van der Waals surface area (Å²) < 4.78 is 0. The molecule has 1 aliphatic heterocycles. The number of aromatic hydroxyl groups is 1. The minimum Gasteiger partial charge on any atom is -0.508 e. The summed E-state index contributed by atoms with van der Waals surface area (Å²) >= 11 is 6.29. The van der Waals surface area contributed by atoms with Crippen molar-refractivity contribution in [1.29, 1.82) is 0 Å². The van der Waals surface area contributed by atoms with Gasteiger partial charge in [0.15, 0.2) is 11.6 Å². The molecule has 6 rings (SSSR count). The fraction of sp³-hybridized carbons (Fsp3) is 0.226. The molecular formula is C31H24ClNO5. The van der Waals surface area contributed by atoms with Crippen LogP contribution in [0, 0.1) is 17.8 Å². The van der Waals surface area contributed by atoms with E-state index in [4.69, 9.17) is 11.6 Å². The maximum Gasteiger partial charge on any atom is 0.238 e. The Bertz CT molecular complexity index is 1560. The molecule has 2 aromatic rings. The van der Waals surface area contributed by atoms with Crippen LogP contribution < -0.4 is 4.90 Å². The summed E-state index contributed by atoms with van der Waals surface area (Å²) in [4.78, 5) is 55.3. The summed E-state index contributed by atoms with van der Waals surface area (Å²) in [6, 6.07) is 11.7. The average molecular weight is 526 g/mol. The highest BCUT2D eigenvalue weighted by Gasteiger charge is 2.56. The number of fused-ring (bicyclic) bond motifs is 3. The average Bonchev–Trinajstić information content (AvgIpc) is 3.17. The number of nitrogens with zero attached hydrogens (tertiary/aromatic N) is 1. The van der Waals surface area contributed by atoms with Crippen LogP contribution in [0.15, 0.2) is 83.5 Å². The van der Waals surface area contributed by atoms with Crippen molar-refractivity contribution in [3.63, 3.8) is 0 Å². The number of phenols is 1. The Morgan fingerprint density at radius 3 is 2.47 bits per heavy atom. The zero-order valence-electron chi connectivity index (χ0n) is 20.6. The molecule has 1 saturated heterocycles. The molecule has 0 aromatic heterocycles. The minimum absolute atomic E-state index is 0.0563. The number of imide groups is 1. The molecule has 0 bridgehead atoms. The lowest BCUT2D eigenvalue weighted by atomic mass is 9.59. The lowest BCUT2D eigenvalue weighted by Crippen LogP contribution is -2.39. The van der Waals surface area contributed by atoms with Gasteiger partial charge in [-0.1, -0.05) is 48.0 Å². The molecule has 1 fully saturated rings. The summed E-state index contributed by atoms with van der Waals surface area (Å²) in [6.45, 7) is 5.35. The standard InChI is InChI=1S/C31H24ClNO5/c1-3-16-4-7-18(8-5-16)33-30(37)20-10-9-19-21(27(20)31(33)38)14-23-28(25(35)12-15(2)29(23)36)26(19)22-13-17(32)6-11-24(22)34/h3-9,11-13,20-21,26-27,34H,1,10,14H2,2H3. The van der Waals surface area contributed by atoms with Crippen molar-refractivity contribution in [2.45, 2.75) is 25.7 Å². The van der Waals surface area contributed by atoms with Crippen LogP contribution in [0.5, 0.6) is 5.75 Å². The van der Waals surface area contributed by atoms with Crippen molar-refractivity contribution in [3.05, 3.63) is 99.6 Å². The first-order valence-corrected chi connectivity index (χ1v) is 12.9. The number of hydrogen-bond acceptors (Lipinski definition) is 5. The summed E-state index contributed by atoms with van der Waals surface area (Å²) in [5.74, 6) is -3.67. The number of Topliss-reactive ketones (excluding diaryl/α,β-unsaturated/α-hetero) is 1. The summed E-state index contributed by atoms with van der Waals surface area (Å²) in [6.07, 6.45) is 5.43. The van der Waals surface area contributed by atoms with Gasteiger partial charge in [-0.3, -0.25) is 24.1 Å². The van der Waals surface area contributed by atoms with Gasteiger partial charge in [0.1, 0.15) is 5.75 Å². The maximum absolute atomic E-state index is 13.9. The molecule has 2 amide bonds. The van der Waals surface area contributed by atoms with E-state index < -0.39 is 23.7 Å². The van der Waals surface area contributed by atoms with Crippen molar-refractivity contribution in [2.75, 3.05) is 4.90 Å². The number of phenolic OH excluding ortho intramolecular Hbond substituents is 1. The number of amides is 2. The Hall–Kier alpha value is -4.03. The van der Waals surface area contributed by atoms with E-state index in [1.54, 1.807) is 49.4 Å². The normalized spacial score (nSPS) is 26.5. The van der Waals surface area contributed by atoms with Gasteiger partial charge in [-0.25, -0.2) is 0 Å². The second kappa shape index (κ2) is 8.77. The molecule has 3 aliphatic carbocycles. The van der Waals surface area contributed by atoms with Gasteiger partial charge in [-0.2, -0.15) is 0 Å². The highest BCUT2D eigenvalue weighted by atomic mass is 35.5. The second-order valence-corrected chi connectivity index (χ2v) is 10.7. The van der Waals surface area contributed by atoms with Crippen molar-refractivity contribution in [2.24, 2.45) is 17.8 Å². The molecular weight excluding hydrogens is 502 g/mol. The van der Waals surface area contributed by atoms with E-state index in [1.165, 1.54) is 17.0 Å². The fourth-order valence-electron chi connectivity index (χ4n) is 6.51. The van der Waals surface area contributed by atoms with Gasteiger partial charge in [0.2, 0.25) is 11.8 Å². The lowest BCUT2D eigenvalue weighted by molar-refractivity contribution is -0.123. The Morgan fingerprint density at radius 2 is 1.76 bits per heavy atom. The highest BCUT2D eigenvalue weighted by molar-refractivity contribution is 6.30. The van der Waals surface area contributed by atoms with Crippen LogP contribution in [0.25, 0.3) is 6.08 Å². The predicted molar refractivity (Wildman–Crippen MR) is 143 cm³/mol. The molecule has 0 saturated carbocycles. The fourth-order valence-corrected chi connectivity index (χ4v) is 6.69. The Morgan fingerprint density at radius 1 is 1.03 bits per heavy atom. The molecule has 2 aromatic carbocycles. The Labute approximate surface area is 224 Å². The van der Waals surface area contributed by atoms with Crippen LogP contribution in [0.4, 0.5) is 5.69 Å². The quantitative estimate of drug-likeness (QED) is 0.332.